The topological polar surface area (TPSA) is 65.5 Å². The third-order valence-electron chi connectivity index (χ3n) is 2.68. The van der Waals surface area contributed by atoms with E-state index in [-0.39, 0.29) is 12.3 Å². The van der Waals surface area contributed by atoms with Crippen molar-refractivity contribution < 1.29 is 13.9 Å². The second-order valence-electron chi connectivity index (χ2n) is 4.17. The second kappa shape index (κ2) is 6.20. The lowest BCUT2D eigenvalue weighted by molar-refractivity contribution is 0.101. The van der Waals surface area contributed by atoms with E-state index in [9.17, 15) is 4.79 Å². The van der Waals surface area contributed by atoms with Crippen molar-refractivity contribution in [2.75, 3.05) is 6.61 Å². The fourth-order valence-electron chi connectivity index (χ4n) is 1.67. The minimum atomic E-state index is -0.151. The Morgan fingerprint density at radius 3 is 2.53 bits per heavy atom. The largest absolute Gasteiger partial charge is 0.494 e. The van der Waals surface area contributed by atoms with E-state index >= 15 is 0 Å². The third-order valence-corrected chi connectivity index (χ3v) is 2.68. The number of ketones is 1. The standard InChI is InChI=1S/C15H17NO3/c1-2-9-18-12-5-3-11(4-6-12)15(17)14-8-7-13(10-16)19-14/h3-8H,2,9-10,16H2,1H3. The van der Waals surface area contributed by atoms with Gasteiger partial charge in [0.25, 0.3) is 0 Å². The van der Waals surface area contributed by atoms with E-state index < -0.39 is 0 Å². The Hall–Kier alpha value is -2.07. The van der Waals surface area contributed by atoms with Gasteiger partial charge in [-0.1, -0.05) is 6.92 Å². The van der Waals surface area contributed by atoms with Crippen LogP contribution in [0.3, 0.4) is 0 Å². The molecule has 1 aromatic carbocycles. The lowest BCUT2D eigenvalue weighted by Crippen LogP contribution is -2.01. The molecule has 2 rings (SSSR count). The van der Waals surface area contributed by atoms with Crippen molar-refractivity contribution >= 4 is 5.78 Å². The molecule has 0 radical (unpaired) electrons. The monoisotopic (exact) mass is 259 g/mol. The van der Waals surface area contributed by atoms with Crippen LogP contribution < -0.4 is 10.5 Å². The van der Waals surface area contributed by atoms with Crippen molar-refractivity contribution in [3.63, 3.8) is 0 Å². The minimum Gasteiger partial charge on any atom is -0.494 e. The Morgan fingerprint density at radius 1 is 1.21 bits per heavy atom. The van der Waals surface area contributed by atoms with Crippen LogP contribution in [0.5, 0.6) is 5.75 Å². The van der Waals surface area contributed by atoms with Gasteiger partial charge in [0.05, 0.1) is 13.2 Å². The van der Waals surface area contributed by atoms with Crippen molar-refractivity contribution in [2.24, 2.45) is 5.73 Å². The summed E-state index contributed by atoms with van der Waals surface area (Å²) in [6, 6.07) is 10.4. The summed E-state index contributed by atoms with van der Waals surface area (Å²) >= 11 is 0. The lowest BCUT2D eigenvalue weighted by Gasteiger charge is -2.04. The van der Waals surface area contributed by atoms with Gasteiger partial charge in [-0.05, 0) is 42.8 Å². The van der Waals surface area contributed by atoms with Crippen LogP contribution >= 0.6 is 0 Å². The quantitative estimate of drug-likeness (QED) is 0.810. The number of benzene rings is 1. The Labute approximate surface area is 112 Å². The Balaban J connectivity index is 2.10. The fraction of sp³-hybridized carbons (Fsp3) is 0.267. The molecule has 0 saturated heterocycles. The van der Waals surface area contributed by atoms with Gasteiger partial charge in [0.15, 0.2) is 5.76 Å². The van der Waals surface area contributed by atoms with Gasteiger partial charge in [-0.15, -0.1) is 0 Å². The van der Waals surface area contributed by atoms with Crippen LogP contribution in [0.4, 0.5) is 0 Å². The molecule has 0 unspecified atom stereocenters. The van der Waals surface area contributed by atoms with E-state index in [1.807, 2.05) is 6.92 Å². The summed E-state index contributed by atoms with van der Waals surface area (Å²) in [5.41, 5.74) is 6.02. The zero-order chi connectivity index (χ0) is 13.7. The van der Waals surface area contributed by atoms with Crippen molar-refractivity contribution in [3.05, 3.63) is 53.5 Å². The third kappa shape index (κ3) is 3.23. The number of ether oxygens (including phenoxy) is 1. The van der Waals surface area contributed by atoms with Crippen LogP contribution in [0.1, 0.15) is 35.2 Å². The number of nitrogens with two attached hydrogens (primary N) is 1. The summed E-state index contributed by atoms with van der Waals surface area (Å²) in [7, 11) is 0. The first-order valence-corrected chi connectivity index (χ1v) is 6.31. The Bertz CT molecular complexity index is 543. The summed E-state index contributed by atoms with van der Waals surface area (Å²) in [6.45, 7) is 3.01. The molecule has 2 aromatic rings. The van der Waals surface area contributed by atoms with E-state index in [1.165, 1.54) is 0 Å². The van der Waals surface area contributed by atoms with Gasteiger partial charge in [0.2, 0.25) is 5.78 Å². The van der Waals surface area contributed by atoms with Crippen LogP contribution in [0, 0.1) is 0 Å². The predicted molar refractivity (Wildman–Crippen MR) is 72.3 cm³/mol. The first kappa shape index (κ1) is 13.4. The van der Waals surface area contributed by atoms with Crippen LogP contribution in [0.15, 0.2) is 40.8 Å². The molecule has 100 valence electrons. The van der Waals surface area contributed by atoms with E-state index in [2.05, 4.69) is 0 Å². The van der Waals surface area contributed by atoms with Crippen molar-refractivity contribution in [1.29, 1.82) is 0 Å². The SMILES string of the molecule is CCCOc1ccc(C(=O)c2ccc(CN)o2)cc1. The number of carbonyl (C=O) groups excluding carboxylic acids is 1. The summed E-state index contributed by atoms with van der Waals surface area (Å²) in [5, 5.41) is 0. The lowest BCUT2D eigenvalue weighted by atomic mass is 10.1. The fourth-order valence-corrected chi connectivity index (χ4v) is 1.67. The van der Waals surface area contributed by atoms with Crippen LogP contribution in [0.2, 0.25) is 0 Å². The van der Waals surface area contributed by atoms with E-state index in [0.717, 1.165) is 12.2 Å². The van der Waals surface area contributed by atoms with Gasteiger partial charge in [-0.2, -0.15) is 0 Å². The molecule has 0 amide bonds. The molecule has 0 aliphatic carbocycles. The van der Waals surface area contributed by atoms with Gasteiger partial charge in [-0.3, -0.25) is 4.79 Å². The summed E-state index contributed by atoms with van der Waals surface area (Å²) in [5.74, 6) is 1.52. The highest BCUT2D eigenvalue weighted by molar-refractivity contribution is 6.07. The molecule has 1 heterocycles. The molecule has 1 aromatic heterocycles. The highest BCUT2D eigenvalue weighted by atomic mass is 16.5. The van der Waals surface area contributed by atoms with Gasteiger partial charge in [-0.25, -0.2) is 0 Å². The molecule has 19 heavy (non-hydrogen) atoms. The maximum atomic E-state index is 12.1. The molecule has 2 N–H and O–H groups in total. The smallest absolute Gasteiger partial charge is 0.228 e. The van der Waals surface area contributed by atoms with Crippen LogP contribution in [-0.2, 0) is 6.54 Å². The van der Waals surface area contributed by atoms with Gasteiger partial charge >= 0.3 is 0 Å². The second-order valence-corrected chi connectivity index (χ2v) is 4.17. The van der Waals surface area contributed by atoms with Crippen LogP contribution in [-0.4, -0.2) is 12.4 Å². The van der Waals surface area contributed by atoms with Gasteiger partial charge in [0, 0.05) is 5.56 Å². The number of hydrogen-bond acceptors (Lipinski definition) is 4. The van der Waals surface area contributed by atoms with E-state index in [1.54, 1.807) is 36.4 Å². The zero-order valence-corrected chi connectivity index (χ0v) is 10.9. The predicted octanol–water partition coefficient (Wildman–Crippen LogP) is 2.76. The van der Waals surface area contributed by atoms with Gasteiger partial charge < -0.3 is 14.9 Å². The molecule has 0 fully saturated rings. The molecule has 0 aliphatic rings. The molecule has 4 heteroatoms. The van der Waals surface area contributed by atoms with Crippen molar-refractivity contribution in [1.82, 2.24) is 0 Å². The summed E-state index contributed by atoms with van der Waals surface area (Å²) in [6.07, 6.45) is 0.953. The highest BCUT2D eigenvalue weighted by Gasteiger charge is 2.13. The molecule has 0 saturated carbocycles. The minimum absolute atomic E-state index is 0.151. The number of rotatable bonds is 6. The number of furan rings is 1. The average molecular weight is 259 g/mol. The summed E-state index contributed by atoms with van der Waals surface area (Å²) < 4.78 is 10.8. The number of hydrogen-bond donors (Lipinski definition) is 1. The molecular weight excluding hydrogens is 242 g/mol. The maximum absolute atomic E-state index is 12.1. The highest BCUT2D eigenvalue weighted by Crippen LogP contribution is 2.17. The van der Waals surface area contributed by atoms with E-state index in [4.69, 9.17) is 14.9 Å². The van der Waals surface area contributed by atoms with Crippen LogP contribution in [0.25, 0.3) is 0 Å². The molecular formula is C15H17NO3. The molecule has 0 atom stereocenters. The summed E-state index contributed by atoms with van der Waals surface area (Å²) in [4.78, 5) is 12.1. The number of carbonyl (C=O) groups is 1. The zero-order valence-electron chi connectivity index (χ0n) is 10.9. The van der Waals surface area contributed by atoms with Gasteiger partial charge in [0.1, 0.15) is 11.5 Å². The normalized spacial score (nSPS) is 10.4. The first-order valence-electron chi connectivity index (χ1n) is 6.31. The molecule has 4 nitrogen and oxygen atoms in total. The Kier molecular flexibility index (Phi) is 4.36. The molecule has 0 bridgehead atoms. The Morgan fingerprint density at radius 2 is 1.95 bits per heavy atom. The molecule has 0 spiro atoms. The molecule has 0 aliphatic heterocycles. The van der Waals surface area contributed by atoms with Crippen molar-refractivity contribution in [3.8, 4) is 5.75 Å². The maximum Gasteiger partial charge on any atom is 0.228 e. The van der Waals surface area contributed by atoms with E-state index in [0.29, 0.717) is 23.7 Å². The average Bonchev–Trinajstić information content (AvgIpc) is 2.94. The first-order chi connectivity index (χ1) is 9.24. The van der Waals surface area contributed by atoms with Crippen molar-refractivity contribution in [2.45, 2.75) is 19.9 Å².